The lowest BCUT2D eigenvalue weighted by atomic mass is 9.99. The van der Waals surface area contributed by atoms with E-state index in [9.17, 15) is 0 Å². The maximum atomic E-state index is 6.18. The fourth-order valence-corrected chi connectivity index (χ4v) is 2.05. The van der Waals surface area contributed by atoms with Gasteiger partial charge in [0.25, 0.3) is 0 Å². The van der Waals surface area contributed by atoms with E-state index in [1.165, 1.54) is 11.1 Å². The van der Waals surface area contributed by atoms with Crippen LogP contribution in [0.3, 0.4) is 0 Å². The van der Waals surface area contributed by atoms with E-state index in [4.69, 9.17) is 17.3 Å². The number of aryl methyl sites for hydroxylation is 1. The van der Waals surface area contributed by atoms with Gasteiger partial charge in [-0.15, -0.1) is 0 Å². The van der Waals surface area contributed by atoms with Gasteiger partial charge in [-0.1, -0.05) is 53.6 Å². The summed E-state index contributed by atoms with van der Waals surface area (Å²) in [5.74, 6) is 0. The van der Waals surface area contributed by atoms with Crippen molar-refractivity contribution in [1.82, 2.24) is 0 Å². The van der Waals surface area contributed by atoms with Crippen LogP contribution >= 0.6 is 11.6 Å². The molecule has 88 valence electrons. The SMILES string of the molecule is Cc1cccc(CC(N)c2ccc(Cl)cc2)c1. The molecule has 2 N–H and O–H groups in total. The fraction of sp³-hybridized carbons (Fsp3) is 0.200. The average molecular weight is 246 g/mol. The summed E-state index contributed by atoms with van der Waals surface area (Å²) in [6.45, 7) is 2.09. The Morgan fingerprint density at radius 3 is 2.47 bits per heavy atom. The Kier molecular flexibility index (Phi) is 3.82. The van der Waals surface area contributed by atoms with Crippen LogP contribution in [0.5, 0.6) is 0 Å². The van der Waals surface area contributed by atoms with Gasteiger partial charge in [0.2, 0.25) is 0 Å². The Morgan fingerprint density at radius 1 is 1.12 bits per heavy atom. The maximum absolute atomic E-state index is 6.18. The Morgan fingerprint density at radius 2 is 1.82 bits per heavy atom. The van der Waals surface area contributed by atoms with Crippen LogP contribution in [0.25, 0.3) is 0 Å². The zero-order chi connectivity index (χ0) is 12.3. The van der Waals surface area contributed by atoms with Crippen LogP contribution in [-0.4, -0.2) is 0 Å². The molecule has 0 amide bonds. The molecule has 2 aromatic carbocycles. The second kappa shape index (κ2) is 5.35. The van der Waals surface area contributed by atoms with Gasteiger partial charge >= 0.3 is 0 Å². The van der Waals surface area contributed by atoms with E-state index >= 15 is 0 Å². The fourth-order valence-electron chi connectivity index (χ4n) is 1.92. The summed E-state index contributed by atoms with van der Waals surface area (Å²) in [4.78, 5) is 0. The van der Waals surface area contributed by atoms with E-state index in [2.05, 4.69) is 31.2 Å². The van der Waals surface area contributed by atoms with Crippen molar-refractivity contribution in [3.8, 4) is 0 Å². The highest BCUT2D eigenvalue weighted by atomic mass is 35.5. The van der Waals surface area contributed by atoms with Crippen molar-refractivity contribution in [2.45, 2.75) is 19.4 Å². The molecule has 0 aliphatic heterocycles. The second-order valence-electron chi connectivity index (χ2n) is 4.35. The number of halogens is 1. The van der Waals surface area contributed by atoms with Crippen molar-refractivity contribution in [2.24, 2.45) is 5.73 Å². The molecule has 17 heavy (non-hydrogen) atoms. The molecule has 2 rings (SSSR count). The van der Waals surface area contributed by atoms with Crippen molar-refractivity contribution >= 4 is 11.6 Å². The summed E-state index contributed by atoms with van der Waals surface area (Å²) in [7, 11) is 0. The van der Waals surface area contributed by atoms with Gasteiger partial charge in [0.05, 0.1) is 0 Å². The summed E-state index contributed by atoms with van der Waals surface area (Å²) in [6.07, 6.45) is 0.851. The molecule has 0 saturated carbocycles. The summed E-state index contributed by atoms with van der Waals surface area (Å²) in [6, 6.07) is 16.2. The highest BCUT2D eigenvalue weighted by Gasteiger charge is 2.06. The monoisotopic (exact) mass is 245 g/mol. The molecule has 0 heterocycles. The topological polar surface area (TPSA) is 26.0 Å². The molecule has 0 fully saturated rings. The van der Waals surface area contributed by atoms with Crippen molar-refractivity contribution in [1.29, 1.82) is 0 Å². The summed E-state index contributed by atoms with van der Waals surface area (Å²) in [5.41, 5.74) is 9.85. The molecule has 2 aromatic rings. The standard InChI is InChI=1S/C15H16ClN/c1-11-3-2-4-12(9-11)10-15(17)13-5-7-14(16)8-6-13/h2-9,15H,10,17H2,1H3. The smallest absolute Gasteiger partial charge is 0.0406 e. The van der Waals surface area contributed by atoms with Crippen LogP contribution in [0, 0.1) is 6.92 Å². The van der Waals surface area contributed by atoms with E-state index in [1.54, 1.807) is 0 Å². The van der Waals surface area contributed by atoms with E-state index in [1.807, 2.05) is 24.3 Å². The maximum Gasteiger partial charge on any atom is 0.0406 e. The Hall–Kier alpha value is -1.31. The van der Waals surface area contributed by atoms with Crippen LogP contribution in [0.4, 0.5) is 0 Å². The predicted molar refractivity (Wildman–Crippen MR) is 73.3 cm³/mol. The molecule has 1 nitrogen and oxygen atoms in total. The van der Waals surface area contributed by atoms with E-state index < -0.39 is 0 Å². The van der Waals surface area contributed by atoms with Gasteiger partial charge in [0.15, 0.2) is 0 Å². The molecule has 0 bridgehead atoms. The lowest BCUT2D eigenvalue weighted by Gasteiger charge is -2.12. The molecule has 2 heteroatoms. The molecule has 0 aliphatic rings. The number of nitrogens with two attached hydrogens (primary N) is 1. The lowest BCUT2D eigenvalue weighted by molar-refractivity contribution is 0.721. The largest absolute Gasteiger partial charge is 0.324 e. The molecule has 0 spiro atoms. The zero-order valence-corrected chi connectivity index (χ0v) is 10.6. The molecule has 0 radical (unpaired) electrons. The normalized spacial score (nSPS) is 12.4. The van der Waals surface area contributed by atoms with Crippen molar-refractivity contribution in [3.05, 3.63) is 70.2 Å². The van der Waals surface area contributed by atoms with Gasteiger partial charge in [-0.3, -0.25) is 0 Å². The molecule has 1 atom stereocenters. The van der Waals surface area contributed by atoms with Gasteiger partial charge in [0, 0.05) is 11.1 Å². The summed E-state index contributed by atoms with van der Waals surface area (Å²) in [5, 5.41) is 0.747. The molecule has 0 aromatic heterocycles. The highest BCUT2D eigenvalue weighted by molar-refractivity contribution is 6.30. The third-order valence-electron chi connectivity index (χ3n) is 2.84. The van der Waals surface area contributed by atoms with Crippen molar-refractivity contribution in [3.63, 3.8) is 0 Å². The minimum Gasteiger partial charge on any atom is -0.324 e. The molecular formula is C15H16ClN. The first-order chi connectivity index (χ1) is 8.15. The van der Waals surface area contributed by atoms with E-state index in [-0.39, 0.29) is 6.04 Å². The minimum absolute atomic E-state index is 0.0223. The molecule has 0 saturated heterocycles. The third kappa shape index (κ3) is 3.32. The number of benzene rings is 2. The van der Waals surface area contributed by atoms with E-state index in [0.29, 0.717) is 0 Å². The lowest BCUT2D eigenvalue weighted by Crippen LogP contribution is -2.13. The second-order valence-corrected chi connectivity index (χ2v) is 4.79. The van der Waals surface area contributed by atoms with Gasteiger partial charge in [-0.05, 0) is 36.6 Å². The Balaban J connectivity index is 2.11. The van der Waals surface area contributed by atoms with Crippen LogP contribution in [0.15, 0.2) is 48.5 Å². The van der Waals surface area contributed by atoms with Crippen LogP contribution in [0.1, 0.15) is 22.7 Å². The van der Waals surface area contributed by atoms with Crippen molar-refractivity contribution in [2.75, 3.05) is 0 Å². The zero-order valence-electron chi connectivity index (χ0n) is 9.86. The van der Waals surface area contributed by atoms with Gasteiger partial charge in [0.1, 0.15) is 0 Å². The van der Waals surface area contributed by atoms with Gasteiger partial charge < -0.3 is 5.73 Å². The molecule has 0 aliphatic carbocycles. The average Bonchev–Trinajstić information content (AvgIpc) is 2.29. The first kappa shape index (κ1) is 12.2. The number of hydrogen-bond acceptors (Lipinski definition) is 1. The van der Waals surface area contributed by atoms with Crippen LogP contribution in [0.2, 0.25) is 5.02 Å². The first-order valence-corrected chi connectivity index (χ1v) is 6.09. The predicted octanol–water partition coefficient (Wildman–Crippen LogP) is 3.89. The van der Waals surface area contributed by atoms with E-state index in [0.717, 1.165) is 17.0 Å². The minimum atomic E-state index is 0.0223. The Bertz CT molecular complexity index is 491. The highest BCUT2D eigenvalue weighted by Crippen LogP contribution is 2.18. The van der Waals surface area contributed by atoms with Crippen molar-refractivity contribution < 1.29 is 0 Å². The molecule has 1 unspecified atom stereocenters. The molecular weight excluding hydrogens is 230 g/mol. The Labute approximate surface area is 107 Å². The quantitative estimate of drug-likeness (QED) is 0.872. The van der Waals surface area contributed by atoms with Crippen LogP contribution in [-0.2, 0) is 6.42 Å². The van der Waals surface area contributed by atoms with Gasteiger partial charge in [-0.2, -0.15) is 0 Å². The van der Waals surface area contributed by atoms with Gasteiger partial charge in [-0.25, -0.2) is 0 Å². The first-order valence-electron chi connectivity index (χ1n) is 5.72. The summed E-state index contributed by atoms with van der Waals surface area (Å²) < 4.78 is 0. The third-order valence-corrected chi connectivity index (χ3v) is 3.09. The summed E-state index contributed by atoms with van der Waals surface area (Å²) >= 11 is 5.86. The number of rotatable bonds is 3. The van der Waals surface area contributed by atoms with Crippen LogP contribution < -0.4 is 5.73 Å². The number of hydrogen-bond donors (Lipinski definition) is 1.